The Bertz CT molecular complexity index is 1540. The topological polar surface area (TPSA) is 149 Å². The molecule has 0 aliphatic carbocycles. The van der Waals surface area contributed by atoms with Crippen molar-refractivity contribution in [2.75, 3.05) is 23.8 Å². The maximum Gasteiger partial charge on any atom is 0.261 e. The van der Waals surface area contributed by atoms with Crippen molar-refractivity contribution in [2.24, 2.45) is 7.05 Å². The van der Waals surface area contributed by atoms with Crippen molar-refractivity contribution in [3.63, 3.8) is 0 Å². The zero-order chi connectivity index (χ0) is 23.8. The molecule has 5 N–H and O–H groups in total. The number of hydrogen-bond donors (Lipinski definition) is 5. The fraction of sp³-hybridized carbons (Fsp3) is 0.227. The number of benzene rings is 1. The van der Waals surface area contributed by atoms with Crippen molar-refractivity contribution < 1.29 is 9.50 Å². The number of aryl methyl sites for hydroxylation is 1. The third kappa shape index (κ3) is 3.83. The molecule has 0 amide bonds. The van der Waals surface area contributed by atoms with Gasteiger partial charge in [-0.15, -0.1) is 0 Å². The van der Waals surface area contributed by atoms with Crippen LogP contribution in [0.15, 0.2) is 41.6 Å². The summed E-state index contributed by atoms with van der Waals surface area (Å²) in [5, 5.41) is 19.8. The van der Waals surface area contributed by atoms with Crippen molar-refractivity contribution in [1.82, 2.24) is 34.7 Å². The molecule has 0 radical (unpaired) electrons. The summed E-state index contributed by atoms with van der Waals surface area (Å²) in [5.41, 5.74) is 2.24. The third-order valence-electron chi connectivity index (χ3n) is 5.34. The van der Waals surface area contributed by atoms with Gasteiger partial charge in [0, 0.05) is 37.9 Å². The second-order valence-electron chi connectivity index (χ2n) is 7.83. The standard InChI is InChI=1S/C22H22FN9O2/c1-11(20-25-4-3-5-26-20)27-19-16(22(34)29-15-10-32(2)31-18(15)19)21-28-14-9-12(24-6-7-33)8-13(23)17(14)30-21/h3-5,8-11,24,27,33H,6-7H2,1-2H3,(H,28,30)(H,29,34)/t11-/m0/s1. The van der Waals surface area contributed by atoms with Gasteiger partial charge in [0.05, 0.1) is 29.4 Å². The number of H-pyrrole nitrogens is 2. The van der Waals surface area contributed by atoms with E-state index in [9.17, 15) is 9.18 Å². The highest BCUT2D eigenvalue weighted by Crippen LogP contribution is 2.33. The molecule has 0 fully saturated rings. The van der Waals surface area contributed by atoms with E-state index < -0.39 is 11.4 Å². The predicted octanol–water partition coefficient (Wildman–Crippen LogP) is 2.31. The number of halogens is 1. The Morgan fingerprint density at radius 3 is 2.74 bits per heavy atom. The lowest BCUT2D eigenvalue weighted by atomic mass is 10.1. The molecule has 5 aromatic rings. The van der Waals surface area contributed by atoms with Gasteiger partial charge in [0.2, 0.25) is 0 Å². The van der Waals surface area contributed by atoms with Crippen LogP contribution in [0.2, 0.25) is 0 Å². The van der Waals surface area contributed by atoms with E-state index in [-0.39, 0.29) is 36.1 Å². The number of fused-ring (bicyclic) bond motifs is 2. The number of imidazole rings is 1. The van der Waals surface area contributed by atoms with E-state index in [1.165, 1.54) is 6.07 Å². The molecule has 5 rings (SSSR count). The summed E-state index contributed by atoms with van der Waals surface area (Å²) in [7, 11) is 1.75. The van der Waals surface area contributed by atoms with Crippen LogP contribution in [-0.4, -0.2) is 53.0 Å². The Labute approximate surface area is 192 Å². The molecule has 0 aliphatic heterocycles. The molecule has 0 saturated heterocycles. The van der Waals surface area contributed by atoms with Gasteiger partial charge in [0.1, 0.15) is 28.2 Å². The van der Waals surface area contributed by atoms with Crippen LogP contribution in [0.3, 0.4) is 0 Å². The highest BCUT2D eigenvalue weighted by Gasteiger charge is 2.23. The van der Waals surface area contributed by atoms with Crippen LogP contribution >= 0.6 is 0 Å². The second-order valence-corrected chi connectivity index (χ2v) is 7.83. The van der Waals surface area contributed by atoms with Gasteiger partial charge in [-0.1, -0.05) is 0 Å². The molecule has 1 aromatic carbocycles. The first-order chi connectivity index (χ1) is 16.4. The van der Waals surface area contributed by atoms with Crippen LogP contribution < -0.4 is 16.2 Å². The number of hydrogen-bond acceptors (Lipinski definition) is 8. The van der Waals surface area contributed by atoms with Gasteiger partial charge in [-0.3, -0.25) is 9.48 Å². The molecule has 0 spiro atoms. The summed E-state index contributed by atoms with van der Waals surface area (Å²) in [5.74, 6) is 0.162. The summed E-state index contributed by atoms with van der Waals surface area (Å²) >= 11 is 0. The van der Waals surface area contributed by atoms with Gasteiger partial charge in [0.25, 0.3) is 5.56 Å². The van der Waals surface area contributed by atoms with Crippen LogP contribution in [0.4, 0.5) is 15.8 Å². The highest BCUT2D eigenvalue weighted by atomic mass is 19.1. The van der Waals surface area contributed by atoms with Gasteiger partial charge in [0.15, 0.2) is 5.82 Å². The first-order valence-corrected chi connectivity index (χ1v) is 10.6. The van der Waals surface area contributed by atoms with Crippen LogP contribution in [0.1, 0.15) is 18.8 Å². The molecule has 0 aliphatic rings. The smallest absolute Gasteiger partial charge is 0.261 e. The molecular weight excluding hydrogens is 441 g/mol. The third-order valence-corrected chi connectivity index (χ3v) is 5.34. The summed E-state index contributed by atoms with van der Waals surface area (Å²) in [4.78, 5) is 32.0. The zero-order valence-electron chi connectivity index (χ0n) is 18.4. The number of rotatable bonds is 7. The van der Waals surface area contributed by atoms with Crippen molar-refractivity contribution in [3.8, 4) is 11.4 Å². The minimum atomic E-state index is -0.559. The van der Waals surface area contributed by atoms with Gasteiger partial charge < -0.3 is 25.7 Å². The summed E-state index contributed by atoms with van der Waals surface area (Å²) in [6.07, 6.45) is 4.98. The molecular formula is C22H22FN9O2. The van der Waals surface area contributed by atoms with Crippen molar-refractivity contribution >= 4 is 33.4 Å². The molecule has 4 aromatic heterocycles. The van der Waals surface area contributed by atoms with Crippen molar-refractivity contribution in [1.29, 1.82) is 0 Å². The van der Waals surface area contributed by atoms with E-state index in [1.807, 2.05) is 6.92 Å². The predicted molar refractivity (Wildman–Crippen MR) is 126 cm³/mol. The molecule has 174 valence electrons. The first kappa shape index (κ1) is 21.5. The Hall–Kier alpha value is -4.32. The second kappa shape index (κ2) is 8.56. The fourth-order valence-corrected chi connectivity index (χ4v) is 3.86. The molecule has 1 atom stereocenters. The maximum atomic E-state index is 14.8. The number of pyridine rings is 1. The summed E-state index contributed by atoms with van der Waals surface area (Å²) in [6, 6.07) is 4.33. The van der Waals surface area contributed by atoms with Gasteiger partial charge in [-0.2, -0.15) is 5.10 Å². The number of nitrogens with zero attached hydrogens (tertiary/aromatic N) is 5. The number of nitrogens with one attached hydrogen (secondary N) is 4. The Morgan fingerprint density at radius 2 is 1.97 bits per heavy atom. The van der Waals surface area contributed by atoms with Crippen LogP contribution in [0.25, 0.3) is 33.5 Å². The lowest BCUT2D eigenvalue weighted by Gasteiger charge is -2.16. The molecule has 0 bridgehead atoms. The highest BCUT2D eigenvalue weighted by molar-refractivity contribution is 5.96. The summed E-state index contributed by atoms with van der Waals surface area (Å²) in [6.45, 7) is 2.05. The van der Waals surface area contributed by atoms with E-state index in [0.29, 0.717) is 33.7 Å². The fourth-order valence-electron chi connectivity index (χ4n) is 3.86. The van der Waals surface area contributed by atoms with E-state index in [2.05, 4.69) is 40.7 Å². The molecule has 0 saturated carbocycles. The minimum absolute atomic E-state index is 0.0916. The molecule has 4 heterocycles. The molecule has 11 nitrogen and oxygen atoms in total. The average Bonchev–Trinajstić information content (AvgIpc) is 3.41. The number of aliphatic hydroxyl groups excluding tert-OH is 1. The van der Waals surface area contributed by atoms with E-state index in [1.54, 1.807) is 42.5 Å². The summed E-state index contributed by atoms with van der Waals surface area (Å²) < 4.78 is 16.4. The maximum absolute atomic E-state index is 14.8. The zero-order valence-corrected chi connectivity index (χ0v) is 18.4. The Balaban J connectivity index is 1.68. The SMILES string of the molecule is C[C@H](Nc1c(-c2nc3c(F)cc(NCCO)cc3[nH]2)c(=O)[nH]c2cn(C)nc12)c1ncccn1. The minimum Gasteiger partial charge on any atom is -0.395 e. The van der Waals surface area contributed by atoms with Crippen molar-refractivity contribution in [3.05, 3.63) is 58.8 Å². The molecule has 0 unspecified atom stereocenters. The van der Waals surface area contributed by atoms with Crippen LogP contribution in [-0.2, 0) is 7.05 Å². The lowest BCUT2D eigenvalue weighted by Crippen LogP contribution is -2.17. The molecule has 34 heavy (non-hydrogen) atoms. The average molecular weight is 463 g/mol. The number of anilines is 2. The Morgan fingerprint density at radius 1 is 1.18 bits per heavy atom. The van der Waals surface area contributed by atoms with Gasteiger partial charge in [-0.05, 0) is 25.1 Å². The number of aliphatic hydroxyl groups is 1. The monoisotopic (exact) mass is 463 g/mol. The quantitative estimate of drug-likeness (QED) is 0.247. The normalized spacial score (nSPS) is 12.4. The number of aromatic nitrogens is 7. The number of aromatic amines is 2. The van der Waals surface area contributed by atoms with E-state index in [0.717, 1.165) is 0 Å². The lowest BCUT2D eigenvalue weighted by molar-refractivity contribution is 0.311. The Kier molecular flexibility index (Phi) is 5.42. The first-order valence-electron chi connectivity index (χ1n) is 10.6. The van der Waals surface area contributed by atoms with E-state index in [4.69, 9.17) is 5.11 Å². The van der Waals surface area contributed by atoms with Gasteiger partial charge in [-0.25, -0.2) is 19.3 Å². The van der Waals surface area contributed by atoms with Crippen LogP contribution in [0, 0.1) is 5.82 Å². The molecule has 12 heteroatoms. The largest absolute Gasteiger partial charge is 0.395 e. The van der Waals surface area contributed by atoms with Crippen LogP contribution in [0.5, 0.6) is 0 Å². The van der Waals surface area contributed by atoms with E-state index >= 15 is 0 Å². The van der Waals surface area contributed by atoms with Crippen molar-refractivity contribution in [2.45, 2.75) is 13.0 Å². The van der Waals surface area contributed by atoms with Gasteiger partial charge >= 0.3 is 0 Å².